The Balaban J connectivity index is 1.71. The van der Waals surface area contributed by atoms with Crippen LogP contribution in [0.25, 0.3) is 0 Å². The van der Waals surface area contributed by atoms with Gasteiger partial charge in [0, 0.05) is 18.1 Å². The second-order valence-electron chi connectivity index (χ2n) is 7.81. The number of alkyl halides is 2. The zero-order chi connectivity index (χ0) is 17.3. The lowest BCUT2D eigenvalue weighted by molar-refractivity contribution is -0.00831. The molecule has 2 fully saturated rings. The van der Waals surface area contributed by atoms with Crippen molar-refractivity contribution in [3.05, 3.63) is 0 Å². The van der Waals surface area contributed by atoms with Crippen molar-refractivity contribution in [2.24, 2.45) is 0 Å². The SMILES string of the molecule is CN1C2CCC1CC(NCC(F)(F)CNC(=O)OC(C)(C)C)C2. The second-order valence-corrected chi connectivity index (χ2v) is 7.81. The summed E-state index contributed by atoms with van der Waals surface area (Å²) in [5, 5.41) is 5.13. The Hall–Kier alpha value is -0.950. The topological polar surface area (TPSA) is 53.6 Å². The molecule has 134 valence electrons. The van der Waals surface area contributed by atoms with Crippen LogP contribution in [0.5, 0.6) is 0 Å². The number of carbonyl (C=O) groups excluding carboxylic acids is 1. The van der Waals surface area contributed by atoms with Crippen molar-refractivity contribution in [2.45, 2.75) is 76.1 Å². The van der Waals surface area contributed by atoms with Crippen molar-refractivity contribution in [3.8, 4) is 0 Å². The van der Waals surface area contributed by atoms with Gasteiger partial charge in [-0.2, -0.15) is 0 Å². The fourth-order valence-corrected chi connectivity index (χ4v) is 3.45. The first-order chi connectivity index (χ1) is 10.6. The molecule has 2 aliphatic rings. The number of nitrogens with one attached hydrogen (secondary N) is 2. The van der Waals surface area contributed by atoms with Gasteiger partial charge in [-0.05, 0) is 53.5 Å². The van der Waals surface area contributed by atoms with Crippen molar-refractivity contribution < 1.29 is 18.3 Å². The minimum atomic E-state index is -2.99. The maximum absolute atomic E-state index is 13.9. The predicted octanol–water partition coefficient (Wildman–Crippen LogP) is 2.36. The van der Waals surface area contributed by atoms with Gasteiger partial charge in [-0.1, -0.05) is 0 Å². The first-order valence-corrected chi connectivity index (χ1v) is 8.36. The third-order valence-corrected chi connectivity index (χ3v) is 4.64. The molecule has 2 bridgehead atoms. The Bertz CT molecular complexity index is 412. The number of rotatable bonds is 5. The van der Waals surface area contributed by atoms with E-state index in [-0.39, 0.29) is 6.04 Å². The Labute approximate surface area is 137 Å². The summed E-state index contributed by atoms with van der Waals surface area (Å²) in [6.07, 6.45) is 3.35. The van der Waals surface area contributed by atoms with Gasteiger partial charge < -0.3 is 20.3 Å². The Morgan fingerprint density at radius 1 is 1.17 bits per heavy atom. The van der Waals surface area contributed by atoms with E-state index >= 15 is 0 Å². The molecule has 0 aliphatic carbocycles. The molecule has 0 aromatic rings. The van der Waals surface area contributed by atoms with E-state index in [9.17, 15) is 13.6 Å². The normalized spacial score (nSPS) is 28.7. The Morgan fingerprint density at radius 3 is 2.26 bits per heavy atom. The first-order valence-electron chi connectivity index (χ1n) is 8.36. The third kappa shape index (κ3) is 5.57. The summed E-state index contributed by atoms with van der Waals surface area (Å²) in [4.78, 5) is 13.8. The van der Waals surface area contributed by atoms with Crippen LogP contribution >= 0.6 is 0 Å². The van der Waals surface area contributed by atoms with E-state index in [2.05, 4.69) is 22.6 Å². The number of fused-ring (bicyclic) bond motifs is 2. The predicted molar refractivity (Wildman–Crippen MR) is 84.8 cm³/mol. The van der Waals surface area contributed by atoms with Gasteiger partial charge in [-0.3, -0.25) is 0 Å². The summed E-state index contributed by atoms with van der Waals surface area (Å²) in [7, 11) is 2.12. The molecule has 0 radical (unpaired) electrons. The van der Waals surface area contributed by atoms with E-state index in [1.54, 1.807) is 20.8 Å². The molecule has 23 heavy (non-hydrogen) atoms. The van der Waals surface area contributed by atoms with Gasteiger partial charge in [0.05, 0.1) is 13.1 Å². The molecule has 7 heteroatoms. The van der Waals surface area contributed by atoms with Crippen molar-refractivity contribution >= 4 is 6.09 Å². The number of hydrogen-bond acceptors (Lipinski definition) is 4. The molecule has 2 rings (SSSR count). The van der Waals surface area contributed by atoms with Crippen LogP contribution in [0.4, 0.5) is 13.6 Å². The highest BCUT2D eigenvalue weighted by molar-refractivity contribution is 5.67. The van der Waals surface area contributed by atoms with Crippen molar-refractivity contribution in [2.75, 3.05) is 20.1 Å². The lowest BCUT2D eigenvalue weighted by Gasteiger charge is -2.37. The number of hydrogen-bond donors (Lipinski definition) is 2. The van der Waals surface area contributed by atoms with E-state index in [1.807, 2.05) is 0 Å². The van der Waals surface area contributed by atoms with E-state index in [1.165, 1.54) is 0 Å². The number of alkyl carbamates (subject to hydrolysis) is 1. The van der Waals surface area contributed by atoms with E-state index in [0.29, 0.717) is 12.1 Å². The molecular formula is C16H29F2N3O2. The molecule has 0 saturated carbocycles. The molecule has 0 spiro atoms. The maximum Gasteiger partial charge on any atom is 0.407 e. The average molecular weight is 333 g/mol. The summed E-state index contributed by atoms with van der Waals surface area (Å²) in [5.74, 6) is -2.99. The lowest BCUT2D eigenvalue weighted by Crippen LogP contribution is -2.51. The van der Waals surface area contributed by atoms with Crippen LogP contribution in [-0.4, -0.2) is 60.8 Å². The fraction of sp³-hybridized carbons (Fsp3) is 0.938. The van der Waals surface area contributed by atoms with Crippen LogP contribution in [0.15, 0.2) is 0 Å². The summed E-state index contributed by atoms with van der Waals surface area (Å²) >= 11 is 0. The van der Waals surface area contributed by atoms with Gasteiger partial charge in [0.15, 0.2) is 0 Å². The highest BCUT2D eigenvalue weighted by Gasteiger charge is 2.39. The molecule has 2 unspecified atom stereocenters. The average Bonchev–Trinajstić information content (AvgIpc) is 2.63. The zero-order valence-electron chi connectivity index (χ0n) is 14.5. The summed E-state index contributed by atoms with van der Waals surface area (Å²) in [5.41, 5.74) is -0.689. The number of piperidine rings is 1. The summed E-state index contributed by atoms with van der Waals surface area (Å²) in [6.45, 7) is 3.95. The minimum Gasteiger partial charge on any atom is -0.444 e. The molecule has 2 aliphatic heterocycles. The van der Waals surface area contributed by atoms with Crippen LogP contribution in [0.3, 0.4) is 0 Å². The van der Waals surface area contributed by atoms with E-state index in [0.717, 1.165) is 25.7 Å². The second kappa shape index (κ2) is 6.89. The zero-order valence-corrected chi connectivity index (χ0v) is 14.5. The molecule has 1 amide bonds. The monoisotopic (exact) mass is 333 g/mol. The fourth-order valence-electron chi connectivity index (χ4n) is 3.45. The molecule has 2 heterocycles. The van der Waals surface area contributed by atoms with Crippen molar-refractivity contribution in [3.63, 3.8) is 0 Å². The van der Waals surface area contributed by atoms with Crippen molar-refractivity contribution in [1.29, 1.82) is 0 Å². The quantitative estimate of drug-likeness (QED) is 0.811. The molecule has 2 N–H and O–H groups in total. The van der Waals surface area contributed by atoms with Gasteiger partial charge in [-0.25, -0.2) is 13.6 Å². The standard InChI is InChI=1S/C16H29F2N3O2/c1-15(2,3)23-14(22)20-10-16(17,18)9-19-11-7-12-5-6-13(8-11)21(12)4/h11-13,19H,5-10H2,1-4H3,(H,20,22). The number of nitrogens with zero attached hydrogens (tertiary/aromatic N) is 1. The number of halogens is 2. The molecule has 0 aromatic heterocycles. The van der Waals surface area contributed by atoms with Gasteiger partial charge in [0.1, 0.15) is 5.60 Å². The number of carbonyl (C=O) groups is 1. The molecule has 2 saturated heterocycles. The number of ether oxygens (including phenoxy) is 1. The first kappa shape index (κ1) is 18.4. The van der Waals surface area contributed by atoms with Gasteiger partial charge in [0.25, 0.3) is 5.92 Å². The summed E-state index contributed by atoms with van der Waals surface area (Å²) in [6, 6.07) is 1.16. The highest BCUT2D eigenvalue weighted by Crippen LogP contribution is 2.34. The van der Waals surface area contributed by atoms with Crippen molar-refractivity contribution in [1.82, 2.24) is 15.5 Å². The minimum absolute atomic E-state index is 0.135. The Kier molecular flexibility index (Phi) is 5.51. The molecule has 5 nitrogen and oxygen atoms in total. The molecule has 2 atom stereocenters. The van der Waals surface area contributed by atoms with Crippen LogP contribution in [0.1, 0.15) is 46.5 Å². The molecular weight excluding hydrogens is 304 g/mol. The van der Waals surface area contributed by atoms with Crippen LogP contribution in [-0.2, 0) is 4.74 Å². The van der Waals surface area contributed by atoms with Gasteiger partial charge in [-0.15, -0.1) is 0 Å². The van der Waals surface area contributed by atoms with Gasteiger partial charge >= 0.3 is 6.09 Å². The molecule has 0 aromatic carbocycles. The van der Waals surface area contributed by atoms with Crippen LogP contribution in [0, 0.1) is 0 Å². The van der Waals surface area contributed by atoms with E-state index < -0.39 is 30.7 Å². The number of amides is 1. The van der Waals surface area contributed by atoms with Crippen LogP contribution in [0.2, 0.25) is 0 Å². The third-order valence-electron chi connectivity index (χ3n) is 4.64. The van der Waals surface area contributed by atoms with E-state index in [4.69, 9.17) is 4.74 Å². The maximum atomic E-state index is 13.9. The van der Waals surface area contributed by atoms with Gasteiger partial charge in [0.2, 0.25) is 0 Å². The van der Waals surface area contributed by atoms with Crippen LogP contribution < -0.4 is 10.6 Å². The highest BCUT2D eigenvalue weighted by atomic mass is 19.3. The Morgan fingerprint density at radius 2 is 1.74 bits per heavy atom. The summed E-state index contributed by atoms with van der Waals surface area (Å²) < 4.78 is 32.8. The lowest BCUT2D eigenvalue weighted by atomic mass is 9.98. The largest absolute Gasteiger partial charge is 0.444 e. The smallest absolute Gasteiger partial charge is 0.407 e.